The van der Waals surface area contributed by atoms with Crippen LogP contribution in [-0.4, -0.2) is 66.4 Å². The second kappa shape index (κ2) is 20.0. The van der Waals surface area contributed by atoms with Gasteiger partial charge >= 0.3 is 12.1 Å². The van der Waals surface area contributed by atoms with E-state index < -0.39 is 40.6 Å². The Morgan fingerprint density at radius 1 is 1.00 bits per heavy atom. The molecule has 1 fully saturated rings. The molecule has 0 radical (unpaired) electrons. The van der Waals surface area contributed by atoms with E-state index in [-0.39, 0.29) is 22.7 Å². The predicted octanol–water partition coefficient (Wildman–Crippen LogP) is 6.69. The molecule has 53 heavy (non-hydrogen) atoms. The summed E-state index contributed by atoms with van der Waals surface area (Å²) in [6, 6.07) is 14.5. The molecular weight excluding hydrogens is 733 g/mol. The van der Waals surface area contributed by atoms with Gasteiger partial charge in [0.2, 0.25) is 5.91 Å². The van der Waals surface area contributed by atoms with E-state index in [2.05, 4.69) is 26.1 Å². The highest BCUT2D eigenvalue weighted by atomic mass is 35.5. The third-order valence-corrected chi connectivity index (χ3v) is 9.77. The molecule has 16 heteroatoms. The minimum atomic E-state index is -4.66. The lowest BCUT2D eigenvalue weighted by Gasteiger charge is -2.29. The van der Waals surface area contributed by atoms with E-state index >= 15 is 0 Å². The van der Waals surface area contributed by atoms with Crippen molar-refractivity contribution in [3.05, 3.63) is 93.5 Å². The van der Waals surface area contributed by atoms with Crippen molar-refractivity contribution in [2.75, 3.05) is 35.6 Å². The highest BCUT2D eigenvalue weighted by Crippen LogP contribution is 2.35. The number of unbranched alkanes of at least 4 members (excludes halogenated alkanes) is 1. The maximum Gasteiger partial charge on any atom is 0.417 e. The number of nitrogens with one attached hydrogen (secondary N) is 3. The Balaban J connectivity index is 1.36. The number of halogens is 4. The summed E-state index contributed by atoms with van der Waals surface area (Å²) in [6.07, 6.45) is 1.41. The molecule has 11 nitrogen and oxygen atoms in total. The lowest BCUT2D eigenvalue weighted by molar-refractivity contribution is -0.139. The van der Waals surface area contributed by atoms with Crippen LogP contribution in [0.2, 0.25) is 5.02 Å². The molecule has 0 unspecified atom stereocenters. The lowest BCUT2D eigenvalue weighted by Crippen LogP contribution is -2.30. The molecule has 1 aliphatic rings. The predicted molar refractivity (Wildman–Crippen MR) is 202 cm³/mol. The van der Waals surface area contributed by atoms with Gasteiger partial charge in [0, 0.05) is 48.8 Å². The number of benzene rings is 3. The second-order valence-corrected chi connectivity index (χ2v) is 14.0. The van der Waals surface area contributed by atoms with Gasteiger partial charge in [-0.1, -0.05) is 29.8 Å². The maximum atomic E-state index is 13.4. The van der Waals surface area contributed by atoms with E-state index in [0.29, 0.717) is 49.3 Å². The molecule has 1 heterocycles. The number of rotatable bonds is 17. The number of piperidine rings is 1. The third kappa shape index (κ3) is 13.1. The number of alkyl halides is 3. The molecule has 0 saturated carbocycles. The van der Waals surface area contributed by atoms with Crippen molar-refractivity contribution in [2.45, 2.75) is 62.9 Å². The van der Waals surface area contributed by atoms with Gasteiger partial charge in [-0.05, 0) is 92.1 Å². The minimum absolute atomic E-state index is 0.0756. The van der Waals surface area contributed by atoms with E-state index in [4.69, 9.17) is 22.4 Å². The average Bonchev–Trinajstić information content (AvgIpc) is 3.13. The summed E-state index contributed by atoms with van der Waals surface area (Å²) in [4.78, 5) is 51.9. The first-order chi connectivity index (χ1) is 25.3. The van der Waals surface area contributed by atoms with Crippen LogP contribution in [0, 0.1) is 0 Å². The van der Waals surface area contributed by atoms with Gasteiger partial charge in [-0.25, -0.2) is 5.43 Å². The number of aliphatic carboxylic acids is 1. The standard InChI is InChI=1S/C37H42ClF3N6O5S/c38-30-12-10-24(20-29(30)37(39,40)41)22-44-46-35(50)28-21-27(47-16-4-1-5-17-47)11-13-32(28)45-34(49)26-8-6-7-25(19-26)23-53-18-14-33(48)43-15-3-2-9-31(42)36(51)52/h6-8,10-13,19-22,31H,1-5,9,14-18,23,42H2,(H,43,48)(H,45,49)(H,46,50)(H,51,52)/t31-/m0/s1. The Labute approximate surface area is 314 Å². The zero-order valence-electron chi connectivity index (χ0n) is 28.9. The minimum Gasteiger partial charge on any atom is -0.480 e. The quantitative estimate of drug-likeness (QED) is 0.0575. The fourth-order valence-electron chi connectivity index (χ4n) is 5.52. The number of anilines is 2. The first-order valence-electron chi connectivity index (χ1n) is 17.1. The normalized spacial score (nSPS) is 13.8. The summed E-state index contributed by atoms with van der Waals surface area (Å²) in [7, 11) is 0. The summed E-state index contributed by atoms with van der Waals surface area (Å²) in [5, 5.41) is 17.9. The topological polar surface area (TPSA) is 166 Å². The third-order valence-electron chi connectivity index (χ3n) is 8.41. The van der Waals surface area contributed by atoms with Crippen molar-refractivity contribution >= 4 is 64.6 Å². The molecule has 0 aromatic heterocycles. The zero-order valence-corrected chi connectivity index (χ0v) is 30.5. The van der Waals surface area contributed by atoms with Crippen LogP contribution in [0.15, 0.2) is 65.8 Å². The van der Waals surface area contributed by atoms with Gasteiger partial charge in [-0.15, -0.1) is 0 Å². The molecule has 4 rings (SSSR count). The number of carbonyl (C=O) groups excluding carboxylic acids is 3. The van der Waals surface area contributed by atoms with E-state index in [1.807, 2.05) is 12.1 Å². The fraction of sp³-hybridized carbons (Fsp3) is 0.378. The molecule has 0 bridgehead atoms. The molecule has 0 spiro atoms. The number of carboxylic acids is 1. The van der Waals surface area contributed by atoms with Gasteiger partial charge in [0.05, 0.1) is 28.1 Å². The molecule has 1 saturated heterocycles. The van der Waals surface area contributed by atoms with Crippen LogP contribution in [-0.2, 0) is 21.5 Å². The van der Waals surface area contributed by atoms with Crippen molar-refractivity contribution in [3.63, 3.8) is 0 Å². The van der Waals surface area contributed by atoms with Crippen molar-refractivity contribution < 1.29 is 37.5 Å². The fourth-order valence-corrected chi connectivity index (χ4v) is 6.64. The smallest absolute Gasteiger partial charge is 0.417 e. The Morgan fingerprint density at radius 2 is 1.77 bits per heavy atom. The van der Waals surface area contributed by atoms with Gasteiger partial charge in [-0.2, -0.15) is 30.0 Å². The Morgan fingerprint density at radius 3 is 2.51 bits per heavy atom. The number of thioether (sulfide) groups is 1. The molecule has 1 aliphatic heterocycles. The van der Waals surface area contributed by atoms with E-state index in [9.17, 15) is 32.3 Å². The molecule has 284 valence electrons. The van der Waals surface area contributed by atoms with Crippen LogP contribution >= 0.6 is 23.4 Å². The van der Waals surface area contributed by atoms with Crippen LogP contribution < -0.4 is 26.7 Å². The lowest BCUT2D eigenvalue weighted by atomic mass is 10.1. The van der Waals surface area contributed by atoms with Gasteiger partial charge in [-0.3, -0.25) is 19.2 Å². The average molecular weight is 775 g/mol. The Hall–Kier alpha value is -4.60. The van der Waals surface area contributed by atoms with Crippen molar-refractivity contribution in [1.82, 2.24) is 10.7 Å². The highest BCUT2D eigenvalue weighted by Gasteiger charge is 2.33. The molecule has 3 aromatic carbocycles. The molecule has 6 N–H and O–H groups in total. The Bertz CT molecular complexity index is 1790. The Kier molecular flexibility index (Phi) is 15.5. The van der Waals surface area contributed by atoms with Crippen LogP contribution in [0.25, 0.3) is 0 Å². The van der Waals surface area contributed by atoms with Crippen LogP contribution in [0.3, 0.4) is 0 Å². The highest BCUT2D eigenvalue weighted by molar-refractivity contribution is 7.98. The number of carbonyl (C=O) groups is 4. The van der Waals surface area contributed by atoms with E-state index in [1.54, 1.807) is 30.3 Å². The second-order valence-electron chi connectivity index (χ2n) is 12.5. The number of hydrazone groups is 1. The van der Waals surface area contributed by atoms with Crippen molar-refractivity contribution in [1.29, 1.82) is 0 Å². The van der Waals surface area contributed by atoms with Crippen LogP contribution in [0.4, 0.5) is 24.5 Å². The number of nitrogens with zero attached hydrogens (tertiary/aromatic N) is 2. The number of amides is 3. The SMILES string of the molecule is N[C@@H](CCCCNC(=O)CCSCc1cccc(C(=O)Nc2ccc(N3CCCCC3)cc2C(=O)NN=Cc2ccc(Cl)c(C(F)(F)F)c2)c1)C(=O)O. The number of carboxylic acid groups (broad SMARTS) is 1. The largest absolute Gasteiger partial charge is 0.480 e. The van der Waals surface area contributed by atoms with Crippen molar-refractivity contribution in [2.24, 2.45) is 10.8 Å². The summed E-state index contributed by atoms with van der Waals surface area (Å²) >= 11 is 7.24. The first kappa shape index (κ1) is 41.2. The van der Waals surface area contributed by atoms with Crippen LogP contribution in [0.1, 0.15) is 82.4 Å². The maximum absolute atomic E-state index is 13.4. The summed E-state index contributed by atoms with van der Waals surface area (Å²) in [6.45, 7) is 2.06. The summed E-state index contributed by atoms with van der Waals surface area (Å²) in [5.41, 5.74) is 9.26. The monoisotopic (exact) mass is 774 g/mol. The summed E-state index contributed by atoms with van der Waals surface area (Å²) in [5.74, 6) is -1.16. The molecule has 0 aliphatic carbocycles. The summed E-state index contributed by atoms with van der Waals surface area (Å²) < 4.78 is 39.9. The molecule has 3 amide bonds. The number of hydrogen-bond acceptors (Lipinski definition) is 8. The number of nitrogens with two attached hydrogens (primary N) is 1. The molecule has 3 aromatic rings. The number of hydrogen-bond donors (Lipinski definition) is 5. The molecule has 1 atom stereocenters. The van der Waals surface area contributed by atoms with Crippen molar-refractivity contribution in [3.8, 4) is 0 Å². The van der Waals surface area contributed by atoms with Gasteiger partial charge in [0.1, 0.15) is 6.04 Å². The van der Waals surface area contributed by atoms with Gasteiger partial charge in [0.15, 0.2) is 0 Å². The first-order valence-corrected chi connectivity index (χ1v) is 18.7. The zero-order chi connectivity index (χ0) is 38.4. The van der Waals surface area contributed by atoms with Gasteiger partial charge < -0.3 is 26.4 Å². The van der Waals surface area contributed by atoms with Gasteiger partial charge in [0.25, 0.3) is 11.8 Å². The molecular formula is C37H42ClF3N6O5S. The van der Waals surface area contributed by atoms with Crippen LogP contribution in [0.5, 0.6) is 0 Å². The van der Waals surface area contributed by atoms with E-state index in [1.165, 1.54) is 17.8 Å². The van der Waals surface area contributed by atoms with E-state index in [0.717, 1.165) is 62.0 Å².